The maximum Gasteiger partial charge on any atom is 0.351 e. The zero-order valence-corrected chi connectivity index (χ0v) is 20.3. The number of carbonyl (C=O) groups excluding carboxylic acids is 2. The highest BCUT2D eigenvalue weighted by Crippen LogP contribution is 2.32. The smallest absolute Gasteiger partial charge is 0.339 e. The lowest BCUT2D eigenvalue weighted by molar-refractivity contribution is -0.329. The molecule has 31 heavy (non-hydrogen) atoms. The minimum absolute atomic E-state index is 0.0828. The van der Waals surface area contributed by atoms with Gasteiger partial charge in [0.2, 0.25) is 5.91 Å². The number of hydrogen-bond acceptors (Lipinski definition) is 5. The summed E-state index contributed by atoms with van der Waals surface area (Å²) < 4.78 is 0. The molecule has 0 atom stereocenters. The Balaban J connectivity index is 2.02. The number of rotatable bonds is 9. The molecule has 0 aliphatic carbocycles. The molecule has 1 heterocycles. The summed E-state index contributed by atoms with van der Waals surface area (Å²) in [7, 11) is 0. The molecular formula is C25H40N2O4. The number of nitrogens with one attached hydrogen (secondary N) is 1. The average Bonchev–Trinajstić information content (AvgIpc) is 2.65. The number of piperidine rings is 1. The molecule has 1 amide bonds. The van der Waals surface area contributed by atoms with E-state index < -0.39 is 11.6 Å². The van der Waals surface area contributed by atoms with E-state index in [0.717, 1.165) is 31.2 Å². The quantitative estimate of drug-likeness (QED) is 0.347. The van der Waals surface area contributed by atoms with Crippen molar-refractivity contribution < 1.29 is 19.4 Å². The predicted molar refractivity (Wildman–Crippen MR) is 122 cm³/mol. The third-order valence-corrected chi connectivity index (χ3v) is 5.79. The molecule has 1 aromatic carbocycles. The van der Waals surface area contributed by atoms with Crippen LogP contribution in [0.1, 0.15) is 86.1 Å². The first-order chi connectivity index (χ1) is 14.4. The summed E-state index contributed by atoms with van der Waals surface area (Å²) in [6, 6.07) is 9.62. The number of nitrogens with zero attached hydrogens (tertiary/aromatic N) is 1. The van der Waals surface area contributed by atoms with Crippen molar-refractivity contribution >= 4 is 11.9 Å². The zero-order chi connectivity index (χ0) is 23.3. The van der Waals surface area contributed by atoms with Gasteiger partial charge in [0.25, 0.3) is 0 Å². The fourth-order valence-corrected chi connectivity index (χ4v) is 4.62. The molecule has 0 bridgehead atoms. The first-order valence-electron chi connectivity index (χ1n) is 11.4. The molecule has 2 rings (SSSR count). The molecule has 0 radical (unpaired) electrons. The number of carbonyl (C=O) groups is 2. The standard InChI is InChI=1S/C25H40N2O4/c1-8-9-15-27(20-17-23(2,3)26-24(4,5)18-20)21(28)16-22(29)30-31-25(6,7)19-13-11-10-12-14-19/h10-14,20,26H,8-9,15-18H2,1-7H3. The number of unbranched alkanes of at least 4 members (excludes halogenated alkanes) is 1. The molecule has 0 unspecified atom stereocenters. The van der Waals surface area contributed by atoms with Crippen LogP contribution in [-0.2, 0) is 25.0 Å². The van der Waals surface area contributed by atoms with Gasteiger partial charge in [-0.25, -0.2) is 4.79 Å². The lowest BCUT2D eigenvalue weighted by atomic mass is 9.79. The number of benzene rings is 1. The lowest BCUT2D eigenvalue weighted by Gasteiger charge is -2.49. The molecule has 1 fully saturated rings. The van der Waals surface area contributed by atoms with E-state index in [0.29, 0.717) is 6.54 Å². The Bertz CT molecular complexity index is 727. The van der Waals surface area contributed by atoms with E-state index in [4.69, 9.17) is 9.78 Å². The number of amides is 1. The van der Waals surface area contributed by atoms with Crippen LogP contribution in [0.15, 0.2) is 30.3 Å². The van der Waals surface area contributed by atoms with Crippen molar-refractivity contribution in [2.24, 2.45) is 0 Å². The minimum Gasteiger partial charge on any atom is -0.339 e. The fraction of sp³-hybridized carbons (Fsp3) is 0.680. The van der Waals surface area contributed by atoms with Gasteiger partial charge in [-0.1, -0.05) is 43.7 Å². The van der Waals surface area contributed by atoms with Crippen molar-refractivity contribution in [1.82, 2.24) is 10.2 Å². The monoisotopic (exact) mass is 432 g/mol. The van der Waals surface area contributed by atoms with Crippen molar-refractivity contribution in [3.63, 3.8) is 0 Å². The van der Waals surface area contributed by atoms with Crippen LogP contribution in [0.5, 0.6) is 0 Å². The summed E-state index contributed by atoms with van der Waals surface area (Å²) in [5, 5.41) is 3.66. The van der Waals surface area contributed by atoms with E-state index in [1.165, 1.54) is 0 Å². The van der Waals surface area contributed by atoms with Crippen LogP contribution >= 0.6 is 0 Å². The molecule has 0 aromatic heterocycles. The summed E-state index contributed by atoms with van der Waals surface area (Å²) in [4.78, 5) is 37.9. The van der Waals surface area contributed by atoms with E-state index in [1.807, 2.05) is 49.1 Å². The summed E-state index contributed by atoms with van der Waals surface area (Å²) in [5.41, 5.74) is -0.0794. The van der Waals surface area contributed by atoms with Crippen LogP contribution in [-0.4, -0.2) is 40.4 Å². The topological polar surface area (TPSA) is 67.9 Å². The van der Waals surface area contributed by atoms with E-state index in [-0.39, 0.29) is 29.4 Å². The predicted octanol–water partition coefficient (Wildman–Crippen LogP) is 4.72. The summed E-state index contributed by atoms with van der Waals surface area (Å²) in [6.07, 6.45) is 3.26. The highest BCUT2D eigenvalue weighted by atomic mass is 17.2. The number of hydrogen-bond donors (Lipinski definition) is 1. The lowest BCUT2D eigenvalue weighted by Crippen LogP contribution is -2.63. The highest BCUT2D eigenvalue weighted by molar-refractivity contribution is 5.94. The Morgan fingerprint density at radius 3 is 2.23 bits per heavy atom. The van der Waals surface area contributed by atoms with Crippen molar-refractivity contribution in [2.45, 2.75) is 103 Å². The molecular weight excluding hydrogens is 392 g/mol. The highest BCUT2D eigenvalue weighted by Gasteiger charge is 2.41. The van der Waals surface area contributed by atoms with Crippen molar-refractivity contribution in [3.05, 3.63) is 35.9 Å². The van der Waals surface area contributed by atoms with Crippen LogP contribution in [0.2, 0.25) is 0 Å². The fourth-order valence-electron chi connectivity index (χ4n) is 4.62. The summed E-state index contributed by atoms with van der Waals surface area (Å²) >= 11 is 0. The van der Waals surface area contributed by atoms with Crippen LogP contribution in [0.25, 0.3) is 0 Å². The molecule has 6 heteroatoms. The van der Waals surface area contributed by atoms with Gasteiger partial charge < -0.3 is 10.2 Å². The van der Waals surface area contributed by atoms with Crippen LogP contribution in [0, 0.1) is 0 Å². The normalized spacial score (nSPS) is 18.4. The summed E-state index contributed by atoms with van der Waals surface area (Å²) in [5.74, 6) is -0.860. The second-order valence-corrected chi connectivity index (χ2v) is 10.5. The molecule has 1 N–H and O–H groups in total. The van der Waals surface area contributed by atoms with E-state index in [9.17, 15) is 9.59 Å². The SMILES string of the molecule is CCCCN(C(=O)CC(=O)OOC(C)(C)c1ccccc1)C1CC(C)(C)NC(C)(C)C1. The van der Waals surface area contributed by atoms with Gasteiger partial charge in [0.15, 0.2) is 0 Å². The Morgan fingerprint density at radius 2 is 1.68 bits per heavy atom. The van der Waals surface area contributed by atoms with Crippen LogP contribution in [0.4, 0.5) is 0 Å². The molecule has 1 aliphatic heterocycles. The first-order valence-corrected chi connectivity index (χ1v) is 11.4. The molecule has 1 aromatic rings. The Labute approximate surface area is 187 Å². The third-order valence-electron chi connectivity index (χ3n) is 5.79. The maximum absolute atomic E-state index is 13.1. The van der Waals surface area contributed by atoms with Crippen LogP contribution in [0.3, 0.4) is 0 Å². The summed E-state index contributed by atoms with van der Waals surface area (Å²) in [6.45, 7) is 15.1. The van der Waals surface area contributed by atoms with Gasteiger partial charge in [0, 0.05) is 23.7 Å². The Kier molecular flexibility index (Phi) is 8.28. The van der Waals surface area contributed by atoms with Crippen molar-refractivity contribution in [2.75, 3.05) is 6.54 Å². The Morgan fingerprint density at radius 1 is 1.10 bits per heavy atom. The largest absolute Gasteiger partial charge is 0.351 e. The van der Waals surface area contributed by atoms with Gasteiger partial charge >= 0.3 is 5.97 Å². The van der Waals surface area contributed by atoms with Gasteiger partial charge in [-0.15, -0.1) is 0 Å². The maximum atomic E-state index is 13.1. The molecule has 1 saturated heterocycles. The second-order valence-electron chi connectivity index (χ2n) is 10.5. The molecule has 1 aliphatic rings. The zero-order valence-electron chi connectivity index (χ0n) is 20.3. The van der Waals surface area contributed by atoms with E-state index in [2.05, 4.69) is 39.9 Å². The molecule has 0 saturated carbocycles. The first kappa shape index (κ1) is 25.3. The minimum atomic E-state index is -0.801. The van der Waals surface area contributed by atoms with Crippen molar-refractivity contribution in [1.29, 1.82) is 0 Å². The van der Waals surface area contributed by atoms with Gasteiger partial charge in [-0.3, -0.25) is 9.68 Å². The van der Waals surface area contributed by atoms with Crippen LogP contribution < -0.4 is 5.32 Å². The molecule has 6 nitrogen and oxygen atoms in total. The third kappa shape index (κ3) is 7.62. The van der Waals surface area contributed by atoms with Gasteiger partial charge in [0.1, 0.15) is 12.0 Å². The average molecular weight is 433 g/mol. The molecule has 0 spiro atoms. The van der Waals surface area contributed by atoms with E-state index >= 15 is 0 Å². The van der Waals surface area contributed by atoms with Gasteiger partial charge in [-0.2, -0.15) is 4.89 Å². The second kappa shape index (κ2) is 10.1. The Hall–Kier alpha value is -1.92. The van der Waals surface area contributed by atoms with E-state index in [1.54, 1.807) is 0 Å². The van der Waals surface area contributed by atoms with Crippen molar-refractivity contribution in [3.8, 4) is 0 Å². The van der Waals surface area contributed by atoms with Gasteiger partial charge in [-0.05, 0) is 66.4 Å². The van der Waals surface area contributed by atoms with Gasteiger partial charge in [0.05, 0.1) is 0 Å². The molecule has 174 valence electrons.